The molecule has 0 aliphatic heterocycles. The van der Waals surface area contributed by atoms with Gasteiger partial charge in [0.15, 0.2) is 6.29 Å². The largest absolute Gasteiger partial charge is 0.296 e. The summed E-state index contributed by atoms with van der Waals surface area (Å²) in [5.41, 5.74) is 2.66. The summed E-state index contributed by atoms with van der Waals surface area (Å²) in [4.78, 5) is 9.92. The van der Waals surface area contributed by atoms with Gasteiger partial charge in [-0.2, -0.15) is 0 Å². The average molecular weight is 159 g/mol. The third kappa shape index (κ3) is 5.61. The second-order valence-electron chi connectivity index (χ2n) is 1.96. The molecular formula is C8H11ClO. The highest BCUT2D eigenvalue weighted by molar-refractivity contribution is 6.38. The highest BCUT2D eigenvalue weighted by Gasteiger charge is 1.80. The van der Waals surface area contributed by atoms with Crippen molar-refractivity contribution in [1.82, 2.24) is 0 Å². The van der Waals surface area contributed by atoms with Crippen molar-refractivity contribution < 1.29 is 4.79 Å². The Hall–Kier alpha value is -0.520. The first-order valence-corrected chi connectivity index (χ1v) is 3.75. The van der Waals surface area contributed by atoms with Crippen LogP contribution < -0.4 is 0 Å². The summed E-state index contributed by atoms with van der Waals surface area (Å²) in [7, 11) is 0. The number of halogens is 1. The van der Waals surface area contributed by atoms with Crippen LogP contribution in [0, 0.1) is 0 Å². The van der Waals surface area contributed by atoms with E-state index >= 15 is 0 Å². The molecule has 0 aliphatic carbocycles. The molecule has 0 rings (SSSR count). The van der Waals surface area contributed by atoms with Crippen LogP contribution in [0.15, 0.2) is 16.8 Å². The van der Waals surface area contributed by atoms with E-state index in [4.69, 9.17) is 11.6 Å². The van der Waals surface area contributed by atoms with Crippen molar-refractivity contribution in [2.45, 2.75) is 26.2 Å². The summed E-state index contributed by atoms with van der Waals surface area (Å²) in [5, 5.41) is 0.149. The van der Waals surface area contributed by atoms with Crippen LogP contribution in [0.2, 0.25) is 0 Å². The molecule has 0 saturated carbocycles. The number of allylic oxidation sites excluding steroid dienone is 1. The van der Waals surface area contributed by atoms with Crippen molar-refractivity contribution in [2.75, 3.05) is 0 Å². The van der Waals surface area contributed by atoms with Gasteiger partial charge in [-0.15, -0.1) is 5.73 Å². The molecule has 1 nitrogen and oxygen atoms in total. The molecule has 0 unspecified atom stereocenters. The molecule has 0 fully saturated rings. The molecule has 2 heteroatoms. The van der Waals surface area contributed by atoms with Crippen molar-refractivity contribution in [3.05, 3.63) is 16.8 Å². The van der Waals surface area contributed by atoms with Gasteiger partial charge in [0.1, 0.15) is 5.03 Å². The second-order valence-corrected chi connectivity index (χ2v) is 2.36. The Morgan fingerprint density at radius 1 is 1.70 bits per heavy atom. The molecule has 0 atom stereocenters. The first kappa shape index (κ1) is 9.48. The van der Waals surface area contributed by atoms with Gasteiger partial charge in [0.25, 0.3) is 0 Å². The molecule has 0 aliphatic rings. The Morgan fingerprint density at radius 3 is 2.90 bits per heavy atom. The van der Waals surface area contributed by atoms with Gasteiger partial charge in [0, 0.05) is 0 Å². The van der Waals surface area contributed by atoms with Crippen LogP contribution in [-0.4, -0.2) is 6.29 Å². The van der Waals surface area contributed by atoms with Gasteiger partial charge in [-0.3, -0.25) is 4.79 Å². The van der Waals surface area contributed by atoms with E-state index in [2.05, 4.69) is 12.7 Å². The molecule has 0 spiro atoms. The Balaban J connectivity index is 3.62. The number of unbranched alkanes of at least 4 members (excludes halogenated alkanes) is 2. The van der Waals surface area contributed by atoms with Crippen molar-refractivity contribution in [1.29, 1.82) is 0 Å². The molecule has 0 N–H and O–H groups in total. The van der Waals surface area contributed by atoms with E-state index in [1.54, 1.807) is 6.08 Å². The molecule has 0 heterocycles. The van der Waals surface area contributed by atoms with Crippen LogP contribution in [0.3, 0.4) is 0 Å². The minimum atomic E-state index is 0.149. The van der Waals surface area contributed by atoms with Crippen LogP contribution in [0.1, 0.15) is 26.2 Å². The maximum atomic E-state index is 9.92. The Morgan fingerprint density at radius 2 is 2.40 bits per heavy atom. The first-order valence-electron chi connectivity index (χ1n) is 3.37. The summed E-state index contributed by atoms with van der Waals surface area (Å²) in [6, 6.07) is 0. The topological polar surface area (TPSA) is 17.1 Å². The van der Waals surface area contributed by atoms with E-state index in [9.17, 15) is 4.79 Å². The van der Waals surface area contributed by atoms with Crippen LogP contribution in [0.25, 0.3) is 0 Å². The lowest BCUT2D eigenvalue weighted by atomic mass is 10.2. The van der Waals surface area contributed by atoms with Crippen molar-refractivity contribution in [3.8, 4) is 0 Å². The third-order valence-corrected chi connectivity index (χ3v) is 1.24. The van der Waals surface area contributed by atoms with E-state index in [1.165, 1.54) is 0 Å². The maximum absolute atomic E-state index is 9.92. The fourth-order valence-electron chi connectivity index (χ4n) is 0.510. The number of carbonyl (C=O) groups is 1. The van der Waals surface area contributed by atoms with Gasteiger partial charge in [-0.05, 0) is 18.9 Å². The van der Waals surface area contributed by atoms with E-state index in [0.29, 0.717) is 6.29 Å². The first-order chi connectivity index (χ1) is 4.81. The molecule has 0 saturated heterocycles. The molecule has 10 heavy (non-hydrogen) atoms. The lowest BCUT2D eigenvalue weighted by Crippen LogP contribution is -1.67. The van der Waals surface area contributed by atoms with Gasteiger partial charge in [0.2, 0.25) is 0 Å². The molecule has 0 aromatic rings. The lowest BCUT2D eigenvalue weighted by Gasteiger charge is -1.83. The molecule has 0 radical (unpaired) electrons. The van der Waals surface area contributed by atoms with Gasteiger partial charge in [-0.25, -0.2) is 0 Å². The van der Waals surface area contributed by atoms with Crippen LogP contribution in [-0.2, 0) is 4.79 Å². The highest BCUT2D eigenvalue weighted by atomic mass is 35.5. The quantitative estimate of drug-likeness (QED) is 0.266. The summed E-state index contributed by atoms with van der Waals surface area (Å²) < 4.78 is 0. The molecule has 0 amide bonds. The Kier molecular flexibility index (Phi) is 6.25. The second kappa shape index (κ2) is 6.60. The number of hydrogen-bond acceptors (Lipinski definition) is 1. The van der Waals surface area contributed by atoms with Crippen molar-refractivity contribution in [2.24, 2.45) is 0 Å². The lowest BCUT2D eigenvalue weighted by molar-refractivity contribution is -0.104. The summed E-state index contributed by atoms with van der Waals surface area (Å²) in [5.74, 6) is 0. The predicted molar refractivity (Wildman–Crippen MR) is 43.0 cm³/mol. The van der Waals surface area contributed by atoms with E-state index in [0.717, 1.165) is 19.3 Å². The molecule has 56 valence electrons. The molecule has 0 bridgehead atoms. The highest BCUT2D eigenvalue weighted by Crippen LogP contribution is 1.96. The SMILES string of the molecule is CCCCC=C=C(Cl)C=O. The maximum Gasteiger partial charge on any atom is 0.169 e. The van der Waals surface area contributed by atoms with E-state index in [1.807, 2.05) is 0 Å². The van der Waals surface area contributed by atoms with Crippen LogP contribution >= 0.6 is 11.6 Å². The Labute approximate surface area is 66.4 Å². The number of hydrogen-bond donors (Lipinski definition) is 0. The smallest absolute Gasteiger partial charge is 0.169 e. The van der Waals surface area contributed by atoms with E-state index in [-0.39, 0.29) is 5.03 Å². The standard InChI is InChI=1S/C8H11ClO/c1-2-3-4-5-6-8(9)7-10/h5,7H,2-4H2,1H3. The summed E-state index contributed by atoms with van der Waals surface area (Å²) in [6.07, 6.45) is 5.59. The van der Waals surface area contributed by atoms with Gasteiger partial charge >= 0.3 is 0 Å². The minimum Gasteiger partial charge on any atom is -0.296 e. The summed E-state index contributed by atoms with van der Waals surface area (Å²) in [6.45, 7) is 2.11. The zero-order chi connectivity index (χ0) is 7.82. The fourth-order valence-corrected chi connectivity index (χ4v) is 0.587. The number of rotatable bonds is 4. The predicted octanol–water partition coefficient (Wildman–Crippen LogP) is 2.65. The average Bonchev–Trinajstić information content (AvgIpc) is 1.98. The normalized spacial score (nSPS) is 8.20. The third-order valence-electron chi connectivity index (χ3n) is 1.05. The van der Waals surface area contributed by atoms with E-state index < -0.39 is 0 Å². The van der Waals surface area contributed by atoms with Gasteiger partial charge in [0.05, 0.1) is 0 Å². The molecular weight excluding hydrogens is 148 g/mol. The van der Waals surface area contributed by atoms with Crippen molar-refractivity contribution in [3.63, 3.8) is 0 Å². The van der Waals surface area contributed by atoms with Gasteiger partial charge in [-0.1, -0.05) is 24.9 Å². The zero-order valence-electron chi connectivity index (χ0n) is 6.06. The number of carbonyl (C=O) groups excluding carboxylic acids is 1. The zero-order valence-corrected chi connectivity index (χ0v) is 6.82. The van der Waals surface area contributed by atoms with Crippen molar-refractivity contribution >= 4 is 17.9 Å². The molecule has 0 aromatic heterocycles. The number of aldehydes is 1. The minimum absolute atomic E-state index is 0.149. The fraction of sp³-hybridized carbons (Fsp3) is 0.500. The summed E-state index contributed by atoms with van der Waals surface area (Å²) >= 11 is 5.35. The monoisotopic (exact) mass is 158 g/mol. The van der Waals surface area contributed by atoms with Crippen LogP contribution in [0.4, 0.5) is 0 Å². The van der Waals surface area contributed by atoms with Gasteiger partial charge < -0.3 is 0 Å². The molecule has 0 aromatic carbocycles. The van der Waals surface area contributed by atoms with Crippen LogP contribution in [0.5, 0.6) is 0 Å². The Bertz CT molecular complexity index is 155.